The molecule has 2 aromatic rings. The fourth-order valence-electron chi connectivity index (χ4n) is 4.03. The first-order valence-electron chi connectivity index (χ1n) is 9.87. The third-order valence-electron chi connectivity index (χ3n) is 5.50. The zero-order valence-corrected chi connectivity index (χ0v) is 17.2. The lowest BCUT2D eigenvalue weighted by molar-refractivity contribution is 0.0320. The van der Waals surface area contributed by atoms with Gasteiger partial charge in [0.2, 0.25) is 0 Å². The zero-order chi connectivity index (χ0) is 20.3. The van der Waals surface area contributed by atoms with Crippen LogP contribution in [-0.4, -0.2) is 28.6 Å². The van der Waals surface area contributed by atoms with Gasteiger partial charge in [0, 0.05) is 17.7 Å². The van der Waals surface area contributed by atoms with Crippen LogP contribution in [-0.2, 0) is 0 Å². The Bertz CT molecular complexity index is 921. The molecule has 0 saturated heterocycles. The van der Waals surface area contributed by atoms with Crippen molar-refractivity contribution < 1.29 is 14.6 Å². The number of rotatable bonds is 3. The molecule has 3 N–H and O–H groups in total. The smallest absolute Gasteiger partial charge is 0.191 e. The van der Waals surface area contributed by atoms with Crippen molar-refractivity contribution in [2.45, 2.75) is 44.1 Å². The van der Waals surface area contributed by atoms with Crippen LogP contribution in [0.25, 0.3) is 0 Å². The van der Waals surface area contributed by atoms with Crippen LogP contribution in [0.5, 0.6) is 17.2 Å². The third-order valence-corrected chi connectivity index (χ3v) is 5.69. The molecule has 0 unspecified atom stereocenters. The number of fused-ring (bicyclic) bond motifs is 1. The maximum Gasteiger partial charge on any atom is 0.191 e. The minimum Gasteiger partial charge on any atom is -0.508 e. The van der Waals surface area contributed by atoms with Crippen LogP contribution in [0.3, 0.4) is 0 Å². The first kappa shape index (κ1) is 19.5. The van der Waals surface area contributed by atoms with Crippen LogP contribution in [0.15, 0.2) is 47.6 Å². The number of benzene rings is 2. The molecule has 0 atom stereocenters. The predicted molar refractivity (Wildman–Crippen MR) is 118 cm³/mol. The van der Waals surface area contributed by atoms with Crippen LogP contribution in [0.2, 0.25) is 0 Å². The molecule has 2 aliphatic rings. The summed E-state index contributed by atoms with van der Waals surface area (Å²) in [6, 6.07) is 12.7. The van der Waals surface area contributed by atoms with Gasteiger partial charge >= 0.3 is 0 Å². The van der Waals surface area contributed by atoms with E-state index < -0.39 is 0 Å². The van der Waals surface area contributed by atoms with Gasteiger partial charge in [-0.05, 0) is 80.4 Å². The molecule has 1 fully saturated rings. The third kappa shape index (κ3) is 4.45. The number of thiocarbonyl (C=S) groups is 1. The van der Waals surface area contributed by atoms with Crippen molar-refractivity contribution >= 4 is 28.7 Å². The summed E-state index contributed by atoms with van der Waals surface area (Å²) in [4.78, 5) is 0. The zero-order valence-electron chi connectivity index (χ0n) is 16.4. The summed E-state index contributed by atoms with van der Waals surface area (Å²) in [6.45, 7) is 0. The van der Waals surface area contributed by atoms with Gasteiger partial charge in [-0.2, -0.15) is 5.10 Å². The van der Waals surface area contributed by atoms with Crippen molar-refractivity contribution in [2.75, 3.05) is 12.4 Å². The highest BCUT2D eigenvalue weighted by molar-refractivity contribution is 7.80. The Morgan fingerprint density at radius 1 is 1.14 bits per heavy atom. The molecule has 1 aliphatic heterocycles. The topological polar surface area (TPSA) is 75.1 Å². The molecule has 1 spiro atoms. The lowest BCUT2D eigenvalue weighted by Crippen LogP contribution is -2.44. The van der Waals surface area contributed by atoms with Gasteiger partial charge in [-0.1, -0.05) is 6.42 Å². The number of aromatic hydroxyl groups is 1. The van der Waals surface area contributed by atoms with E-state index in [0.29, 0.717) is 11.5 Å². The van der Waals surface area contributed by atoms with Crippen LogP contribution in [0, 0.1) is 0 Å². The molecule has 1 aliphatic carbocycles. The van der Waals surface area contributed by atoms with E-state index in [9.17, 15) is 5.11 Å². The monoisotopic (exact) mass is 411 g/mol. The Balaban J connectivity index is 1.52. The molecule has 29 heavy (non-hydrogen) atoms. The second-order valence-electron chi connectivity index (χ2n) is 7.56. The molecule has 0 amide bonds. The van der Waals surface area contributed by atoms with Crippen molar-refractivity contribution in [3.05, 3.63) is 48.0 Å². The molecule has 2 aromatic carbocycles. The molecule has 0 aromatic heterocycles. The van der Waals surface area contributed by atoms with Crippen molar-refractivity contribution in [1.82, 2.24) is 5.43 Å². The maximum absolute atomic E-state index is 9.94. The van der Waals surface area contributed by atoms with Gasteiger partial charge in [-0.15, -0.1) is 0 Å². The van der Waals surface area contributed by atoms with Gasteiger partial charge < -0.3 is 19.9 Å². The van der Waals surface area contributed by atoms with Gasteiger partial charge in [-0.3, -0.25) is 5.43 Å². The number of hydrogen-bond donors (Lipinski definition) is 3. The summed E-state index contributed by atoms with van der Waals surface area (Å²) in [5, 5.41) is 18.0. The number of anilines is 1. The normalized spacial score (nSPS) is 18.6. The van der Waals surface area contributed by atoms with Crippen LogP contribution in [0.1, 0.15) is 44.1 Å². The van der Waals surface area contributed by atoms with E-state index in [4.69, 9.17) is 21.7 Å². The highest BCUT2D eigenvalue weighted by Crippen LogP contribution is 2.42. The Hall–Kier alpha value is -2.80. The highest BCUT2D eigenvalue weighted by atomic mass is 32.1. The molecule has 0 radical (unpaired) electrons. The molecule has 1 heterocycles. The van der Waals surface area contributed by atoms with Gasteiger partial charge in [0.05, 0.1) is 12.8 Å². The van der Waals surface area contributed by atoms with Crippen molar-refractivity contribution in [3.63, 3.8) is 0 Å². The summed E-state index contributed by atoms with van der Waals surface area (Å²) in [5.41, 5.74) is 5.24. The van der Waals surface area contributed by atoms with Gasteiger partial charge in [-0.25, -0.2) is 0 Å². The van der Waals surface area contributed by atoms with E-state index in [0.717, 1.165) is 54.1 Å². The first-order chi connectivity index (χ1) is 14.1. The Morgan fingerprint density at radius 2 is 1.90 bits per heavy atom. The molecule has 152 valence electrons. The maximum atomic E-state index is 9.94. The predicted octanol–water partition coefficient (Wildman–Crippen LogP) is 4.58. The Labute approximate surface area is 175 Å². The fraction of sp³-hybridized carbons (Fsp3) is 0.364. The van der Waals surface area contributed by atoms with Gasteiger partial charge in [0.25, 0.3) is 0 Å². The van der Waals surface area contributed by atoms with Crippen molar-refractivity contribution in [2.24, 2.45) is 5.10 Å². The van der Waals surface area contributed by atoms with Crippen LogP contribution >= 0.6 is 12.2 Å². The van der Waals surface area contributed by atoms with Crippen molar-refractivity contribution in [1.29, 1.82) is 0 Å². The molecule has 4 rings (SSSR count). The highest BCUT2D eigenvalue weighted by Gasteiger charge is 2.40. The summed E-state index contributed by atoms with van der Waals surface area (Å²) in [6.07, 6.45) is 6.29. The van der Waals surface area contributed by atoms with Gasteiger partial charge in [0.15, 0.2) is 5.11 Å². The standard InChI is InChI=1S/C22H25N3O3S/c1-27-17-8-5-15(6-9-17)23-21(29)25-24-19-14-22(11-3-2-4-12-22)28-20-10-7-16(26)13-18(19)20/h5-10,13,26H,2-4,11-12,14H2,1H3,(H2,23,25,29). The largest absolute Gasteiger partial charge is 0.508 e. The quantitative estimate of drug-likeness (QED) is 0.507. The fourth-order valence-corrected chi connectivity index (χ4v) is 4.19. The Kier molecular flexibility index (Phi) is 5.58. The molecule has 7 heteroatoms. The van der Waals surface area contributed by atoms with E-state index in [1.54, 1.807) is 19.2 Å². The second kappa shape index (κ2) is 8.29. The number of ether oxygens (including phenoxy) is 2. The molecule has 1 saturated carbocycles. The average molecular weight is 412 g/mol. The van der Waals surface area contributed by atoms with E-state index >= 15 is 0 Å². The van der Waals surface area contributed by atoms with Crippen LogP contribution < -0.4 is 20.2 Å². The average Bonchev–Trinajstić information content (AvgIpc) is 2.73. The molecule has 6 nitrogen and oxygen atoms in total. The first-order valence-corrected chi connectivity index (χ1v) is 10.3. The Morgan fingerprint density at radius 3 is 2.62 bits per heavy atom. The number of hydrogen-bond acceptors (Lipinski definition) is 5. The number of phenols is 1. The van der Waals surface area contributed by atoms with E-state index in [-0.39, 0.29) is 11.4 Å². The molecular weight excluding hydrogens is 386 g/mol. The van der Waals surface area contributed by atoms with Gasteiger partial charge in [0.1, 0.15) is 22.8 Å². The summed E-state index contributed by atoms with van der Waals surface area (Å²) >= 11 is 5.40. The van der Waals surface area contributed by atoms with Crippen molar-refractivity contribution in [3.8, 4) is 17.2 Å². The SMILES string of the molecule is COc1ccc(NC(=S)NN=C2CC3(CCCCC3)Oc3ccc(O)cc32)cc1. The minimum atomic E-state index is -0.215. The number of methoxy groups -OCH3 is 1. The molecular formula is C22H25N3O3S. The number of phenolic OH excluding ortho intramolecular Hbond substituents is 1. The summed E-state index contributed by atoms with van der Waals surface area (Å²) in [7, 11) is 1.63. The second-order valence-corrected chi connectivity index (χ2v) is 7.96. The minimum absolute atomic E-state index is 0.193. The van der Waals surface area contributed by atoms with E-state index in [1.165, 1.54) is 6.42 Å². The van der Waals surface area contributed by atoms with E-state index in [2.05, 4.69) is 15.8 Å². The number of hydrazone groups is 1. The lowest BCUT2D eigenvalue weighted by Gasteiger charge is -2.41. The summed E-state index contributed by atoms with van der Waals surface area (Å²) in [5.74, 6) is 1.75. The lowest BCUT2D eigenvalue weighted by atomic mass is 9.78. The number of nitrogens with zero attached hydrogens (tertiary/aromatic N) is 1. The van der Waals surface area contributed by atoms with Crippen LogP contribution in [0.4, 0.5) is 5.69 Å². The molecule has 0 bridgehead atoms. The number of nitrogens with one attached hydrogen (secondary N) is 2. The van der Waals surface area contributed by atoms with E-state index in [1.807, 2.05) is 30.3 Å². The summed E-state index contributed by atoms with van der Waals surface area (Å²) < 4.78 is 11.6.